The van der Waals surface area contributed by atoms with E-state index in [1.165, 1.54) is 0 Å². The Balaban J connectivity index is 1.54. The molecule has 7 heteroatoms. The fourth-order valence-electron chi connectivity index (χ4n) is 4.08. The normalized spacial score (nSPS) is 14.6. The molecule has 7 nitrogen and oxygen atoms in total. The molecule has 1 heterocycles. The van der Waals surface area contributed by atoms with Gasteiger partial charge < -0.3 is 20.3 Å². The van der Waals surface area contributed by atoms with Crippen molar-refractivity contribution in [2.75, 3.05) is 52.3 Å². The standard InChI is InChI=1S/C25H34N4O3/c1-28(2)21-12-10-19(11-13-21)22(29-16-6-7-17-29)18-27-25(31)24(30)26-15-14-20-8-4-5-9-23(20)32-3/h4-5,8-13,22H,6-7,14-18H2,1-3H3,(H,26,30)(H,27,31). The zero-order valence-electron chi connectivity index (χ0n) is 19.3. The van der Waals surface area contributed by atoms with Gasteiger partial charge in [0.05, 0.1) is 13.2 Å². The fraction of sp³-hybridized carbons (Fsp3) is 0.440. The fourth-order valence-corrected chi connectivity index (χ4v) is 4.08. The zero-order chi connectivity index (χ0) is 22.9. The maximum absolute atomic E-state index is 12.4. The molecule has 3 rings (SSSR count). The monoisotopic (exact) mass is 438 g/mol. The van der Waals surface area contributed by atoms with Crippen LogP contribution in [0, 0.1) is 0 Å². The Hall–Kier alpha value is -3.06. The summed E-state index contributed by atoms with van der Waals surface area (Å²) in [4.78, 5) is 29.2. The van der Waals surface area contributed by atoms with Crippen LogP contribution >= 0.6 is 0 Å². The molecule has 2 N–H and O–H groups in total. The number of nitrogens with one attached hydrogen (secondary N) is 2. The first kappa shape index (κ1) is 23.6. The number of carbonyl (C=O) groups excluding carboxylic acids is 2. The molecule has 32 heavy (non-hydrogen) atoms. The second-order valence-electron chi connectivity index (χ2n) is 8.27. The molecule has 0 bridgehead atoms. The van der Waals surface area contributed by atoms with Crippen LogP contribution in [0.4, 0.5) is 5.69 Å². The summed E-state index contributed by atoms with van der Waals surface area (Å²) in [7, 11) is 5.65. The zero-order valence-corrected chi connectivity index (χ0v) is 19.3. The average Bonchev–Trinajstić information content (AvgIpc) is 3.34. The number of ether oxygens (including phenoxy) is 1. The van der Waals surface area contributed by atoms with Crippen molar-refractivity contribution in [2.45, 2.75) is 25.3 Å². The van der Waals surface area contributed by atoms with Gasteiger partial charge >= 0.3 is 11.8 Å². The molecule has 172 valence electrons. The van der Waals surface area contributed by atoms with Crippen molar-refractivity contribution in [1.29, 1.82) is 0 Å². The highest BCUT2D eigenvalue weighted by molar-refractivity contribution is 6.35. The Morgan fingerprint density at radius 2 is 1.66 bits per heavy atom. The van der Waals surface area contributed by atoms with E-state index in [0.29, 0.717) is 19.5 Å². The number of benzene rings is 2. The number of rotatable bonds is 9. The van der Waals surface area contributed by atoms with Crippen LogP contribution in [0.5, 0.6) is 5.75 Å². The number of likely N-dealkylation sites (tertiary alicyclic amines) is 1. The number of amides is 2. The van der Waals surface area contributed by atoms with Crippen LogP contribution in [0.15, 0.2) is 48.5 Å². The van der Waals surface area contributed by atoms with E-state index >= 15 is 0 Å². The maximum atomic E-state index is 12.4. The summed E-state index contributed by atoms with van der Waals surface area (Å²) in [6.07, 6.45) is 2.91. The molecule has 2 aromatic carbocycles. The van der Waals surface area contributed by atoms with E-state index in [1.54, 1.807) is 7.11 Å². The molecule has 1 atom stereocenters. The summed E-state index contributed by atoms with van der Waals surface area (Å²) >= 11 is 0. The summed E-state index contributed by atoms with van der Waals surface area (Å²) < 4.78 is 5.33. The molecule has 0 aromatic heterocycles. The van der Waals surface area contributed by atoms with Gasteiger partial charge in [0.15, 0.2) is 0 Å². The van der Waals surface area contributed by atoms with E-state index < -0.39 is 11.8 Å². The van der Waals surface area contributed by atoms with Crippen molar-refractivity contribution in [3.05, 3.63) is 59.7 Å². The Labute approximate surface area is 190 Å². The lowest BCUT2D eigenvalue weighted by Gasteiger charge is -2.28. The van der Waals surface area contributed by atoms with Gasteiger partial charge in [-0.05, 0) is 61.7 Å². The van der Waals surface area contributed by atoms with Gasteiger partial charge in [0.25, 0.3) is 0 Å². The van der Waals surface area contributed by atoms with E-state index in [4.69, 9.17) is 4.74 Å². The van der Waals surface area contributed by atoms with E-state index in [2.05, 4.69) is 44.7 Å². The molecule has 0 saturated carbocycles. The highest BCUT2D eigenvalue weighted by Gasteiger charge is 2.25. The number of nitrogens with zero attached hydrogens (tertiary/aromatic N) is 2. The van der Waals surface area contributed by atoms with Gasteiger partial charge in [-0.15, -0.1) is 0 Å². The smallest absolute Gasteiger partial charge is 0.309 e. The van der Waals surface area contributed by atoms with E-state index in [0.717, 1.165) is 48.5 Å². The van der Waals surface area contributed by atoms with Gasteiger partial charge in [-0.3, -0.25) is 14.5 Å². The Kier molecular flexibility index (Phi) is 8.50. The third-order valence-electron chi connectivity index (χ3n) is 5.91. The summed E-state index contributed by atoms with van der Waals surface area (Å²) in [5, 5.41) is 5.55. The summed E-state index contributed by atoms with van der Waals surface area (Å²) in [6.45, 7) is 2.77. The van der Waals surface area contributed by atoms with Crippen molar-refractivity contribution < 1.29 is 14.3 Å². The van der Waals surface area contributed by atoms with E-state index in [1.807, 2.05) is 38.4 Å². The Morgan fingerprint density at radius 1 is 1.00 bits per heavy atom. The van der Waals surface area contributed by atoms with Gasteiger partial charge in [0, 0.05) is 32.9 Å². The molecule has 1 aliphatic heterocycles. The lowest BCUT2D eigenvalue weighted by atomic mass is 10.0. The molecule has 1 saturated heterocycles. The minimum atomic E-state index is -0.608. The van der Waals surface area contributed by atoms with Crippen molar-refractivity contribution in [1.82, 2.24) is 15.5 Å². The third-order valence-corrected chi connectivity index (χ3v) is 5.91. The number of anilines is 1. The summed E-state index contributed by atoms with van der Waals surface area (Å²) in [5.41, 5.74) is 3.27. The summed E-state index contributed by atoms with van der Waals surface area (Å²) in [5.74, 6) is -0.429. The van der Waals surface area contributed by atoms with Crippen LogP contribution in [0.1, 0.15) is 30.0 Å². The predicted molar refractivity (Wildman–Crippen MR) is 127 cm³/mol. The first-order valence-electron chi connectivity index (χ1n) is 11.2. The lowest BCUT2D eigenvalue weighted by Crippen LogP contribution is -2.44. The largest absolute Gasteiger partial charge is 0.496 e. The molecule has 0 radical (unpaired) electrons. The molecule has 0 spiro atoms. The first-order valence-corrected chi connectivity index (χ1v) is 11.2. The third kappa shape index (κ3) is 6.23. The highest BCUT2D eigenvalue weighted by atomic mass is 16.5. The van der Waals surface area contributed by atoms with Crippen LogP contribution in [-0.2, 0) is 16.0 Å². The number of hydrogen-bond donors (Lipinski definition) is 2. The molecular formula is C25H34N4O3. The van der Waals surface area contributed by atoms with Crippen molar-refractivity contribution in [3.63, 3.8) is 0 Å². The van der Waals surface area contributed by atoms with Crippen LogP contribution in [0.2, 0.25) is 0 Å². The number of hydrogen-bond acceptors (Lipinski definition) is 5. The average molecular weight is 439 g/mol. The van der Waals surface area contributed by atoms with Gasteiger partial charge in [0.1, 0.15) is 5.75 Å². The van der Waals surface area contributed by atoms with Crippen LogP contribution in [-0.4, -0.2) is 64.1 Å². The number of para-hydroxylation sites is 1. The molecule has 0 aliphatic carbocycles. The number of methoxy groups -OCH3 is 1. The predicted octanol–water partition coefficient (Wildman–Crippen LogP) is 2.37. The van der Waals surface area contributed by atoms with Crippen LogP contribution < -0.4 is 20.3 Å². The minimum absolute atomic E-state index is 0.0547. The maximum Gasteiger partial charge on any atom is 0.309 e. The SMILES string of the molecule is COc1ccccc1CCNC(=O)C(=O)NCC(c1ccc(N(C)C)cc1)N1CCCC1. The highest BCUT2D eigenvalue weighted by Crippen LogP contribution is 2.26. The second kappa shape index (κ2) is 11.5. The van der Waals surface area contributed by atoms with Gasteiger partial charge in [-0.25, -0.2) is 0 Å². The second-order valence-corrected chi connectivity index (χ2v) is 8.27. The molecule has 1 aliphatic rings. The minimum Gasteiger partial charge on any atom is -0.496 e. The van der Waals surface area contributed by atoms with Gasteiger partial charge in [0.2, 0.25) is 0 Å². The summed E-state index contributed by atoms with van der Waals surface area (Å²) in [6, 6.07) is 16.1. The first-order chi connectivity index (χ1) is 15.5. The molecular weight excluding hydrogens is 404 g/mol. The van der Waals surface area contributed by atoms with Crippen molar-refractivity contribution in [2.24, 2.45) is 0 Å². The van der Waals surface area contributed by atoms with E-state index in [9.17, 15) is 9.59 Å². The van der Waals surface area contributed by atoms with Gasteiger partial charge in [-0.2, -0.15) is 0 Å². The molecule has 1 unspecified atom stereocenters. The van der Waals surface area contributed by atoms with E-state index in [-0.39, 0.29) is 6.04 Å². The number of carbonyl (C=O) groups is 2. The van der Waals surface area contributed by atoms with Crippen LogP contribution in [0.3, 0.4) is 0 Å². The van der Waals surface area contributed by atoms with Gasteiger partial charge in [-0.1, -0.05) is 30.3 Å². The van der Waals surface area contributed by atoms with Crippen molar-refractivity contribution in [3.8, 4) is 5.75 Å². The lowest BCUT2D eigenvalue weighted by molar-refractivity contribution is -0.139. The molecule has 2 aromatic rings. The molecule has 2 amide bonds. The Morgan fingerprint density at radius 3 is 2.31 bits per heavy atom. The molecule has 1 fully saturated rings. The quantitative estimate of drug-likeness (QED) is 0.588. The van der Waals surface area contributed by atoms with Crippen LogP contribution in [0.25, 0.3) is 0 Å². The van der Waals surface area contributed by atoms with Crippen molar-refractivity contribution >= 4 is 17.5 Å². The Bertz CT molecular complexity index is 892. The topological polar surface area (TPSA) is 73.9 Å².